The largest absolute Gasteiger partial charge is 0.368 e. The van der Waals surface area contributed by atoms with Gasteiger partial charge in [0.1, 0.15) is 0 Å². The molecule has 0 radical (unpaired) electrons. The maximum atomic E-state index is 12.5. The molecule has 1 heterocycles. The molecule has 0 saturated carbocycles. The highest BCUT2D eigenvalue weighted by Crippen LogP contribution is 2.20. The lowest BCUT2D eigenvalue weighted by atomic mass is 10.1. The van der Waals surface area contributed by atoms with Crippen LogP contribution in [0, 0.1) is 19.8 Å². The molecule has 6 nitrogen and oxygen atoms in total. The van der Waals surface area contributed by atoms with E-state index in [1.165, 1.54) is 0 Å². The summed E-state index contributed by atoms with van der Waals surface area (Å²) in [5.74, 6) is 0.0344. The zero-order valence-corrected chi connectivity index (χ0v) is 19.4. The van der Waals surface area contributed by atoms with Crippen molar-refractivity contribution in [2.24, 2.45) is 5.92 Å². The highest BCUT2D eigenvalue weighted by Gasteiger charge is 2.22. The molecule has 7 heteroatoms. The van der Waals surface area contributed by atoms with Crippen molar-refractivity contribution in [3.63, 3.8) is 0 Å². The molecule has 0 spiro atoms. The maximum absolute atomic E-state index is 12.5. The molecular formula is C24H30N4O2S. The summed E-state index contributed by atoms with van der Waals surface area (Å²) < 4.78 is 0. The molecule has 3 rings (SSSR count). The third kappa shape index (κ3) is 5.82. The Morgan fingerprint density at radius 3 is 2.19 bits per heavy atom. The third-order valence-corrected chi connectivity index (χ3v) is 5.63. The molecule has 31 heavy (non-hydrogen) atoms. The number of aryl methyl sites for hydroxylation is 2. The van der Waals surface area contributed by atoms with Crippen LogP contribution in [0.25, 0.3) is 0 Å². The second-order valence-corrected chi connectivity index (χ2v) is 8.65. The van der Waals surface area contributed by atoms with Crippen LogP contribution in [0.5, 0.6) is 0 Å². The van der Waals surface area contributed by atoms with E-state index in [9.17, 15) is 9.59 Å². The molecule has 2 aromatic rings. The van der Waals surface area contributed by atoms with Crippen molar-refractivity contribution in [1.29, 1.82) is 0 Å². The van der Waals surface area contributed by atoms with Gasteiger partial charge in [-0.05, 0) is 62.0 Å². The van der Waals surface area contributed by atoms with Crippen molar-refractivity contribution in [1.82, 2.24) is 10.2 Å². The first kappa shape index (κ1) is 22.7. The van der Waals surface area contributed by atoms with E-state index >= 15 is 0 Å². The van der Waals surface area contributed by atoms with E-state index in [2.05, 4.69) is 15.5 Å². The van der Waals surface area contributed by atoms with Gasteiger partial charge in [0, 0.05) is 49.0 Å². The summed E-state index contributed by atoms with van der Waals surface area (Å²) in [5.41, 5.74) is 4.55. The highest BCUT2D eigenvalue weighted by molar-refractivity contribution is 7.80. The van der Waals surface area contributed by atoms with Crippen LogP contribution in [-0.4, -0.2) is 48.0 Å². The van der Waals surface area contributed by atoms with Crippen molar-refractivity contribution in [2.45, 2.75) is 27.7 Å². The van der Waals surface area contributed by atoms with E-state index in [1.807, 2.05) is 75.1 Å². The first-order chi connectivity index (χ1) is 14.7. The minimum Gasteiger partial charge on any atom is -0.368 e. The zero-order chi connectivity index (χ0) is 22.5. The Kier molecular flexibility index (Phi) is 7.28. The van der Waals surface area contributed by atoms with Gasteiger partial charge in [-0.2, -0.15) is 0 Å². The lowest BCUT2D eigenvalue weighted by molar-refractivity contribution is -0.134. The van der Waals surface area contributed by atoms with Crippen LogP contribution in [0.4, 0.5) is 11.4 Å². The van der Waals surface area contributed by atoms with E-state index in [1.54, 1.807) is 0 Å². The van der Waals surface area contributed by atoms with E-state index in [0.29, 0.717) is 5.56 Å². The number of rotatable bonds is 4. The lowest BCUT2D eigenvalue weighted by Crippen LogP contribution is -2.49. The Balaban J connectivity index is 1.53. The predicted octanol–water partition coefficient (Wildman–Crippen LogP) is 3.73. The number of hydrogen-bond donors (Lipinski definition) is 2. The van der Waals surface area contributed by atoms with Gasteiger partial charge in [-0.3, -0.25) is 14.9 Å². The summed E-state index contributed by atoms with van der Waals surface area (Å²) >= 11 is 5.31. The Hall–Kier alpha value is -2.93. The van der Waals surface area contributed by atoms with Crippen LogP contribution in [0.2, 0.25) is 0 Å². The molecule has 0 atom stereocenters. The van der Waals surface area contributed by atoms with Gasteiger partial charge in [-0.25, -0.2) is 0 Å². The summed E-state index contributed by atoms with van der Waals surface area (Å²) in [5, 5.41) is 6.07. The molecule has 164 valence electrons. The molecule has 2 N–H and O–H groups in total. The molecule has 1 aliphatic rings. The molecular weight excluding hydrogens is 408 g/mol. The summed E-state index contributed by atoms with van der Waals surface area (Å²) in [4.78, 5) is 28.8. The summed E-state index contributed by atoms with van der Waals surface area (Å²) in [6, 6.07) is 13.6. The van der Waals surface area contributed by atoms with Crippen LogP contribution >= 0.6 is 12.2 Å². The van der Waals surface area contributed by atoms with Gasteiger partial charge in [0.25, 0.3) is 5.91 Å². The van der Waals surface area contributed by atoms with E-state index in [4.69, 9.17) is 12.2 Å². The maximum Gasteiger partial charge on any atom is 0.257 e. The van der Waals surface area contributed by atoms with Crippen LogP contribution in [0.1, 0.15) is 35.3 Å². The van der Waals surface area contributed by atoms with Gasteiger partial charge < -0.3 is 15.1 Å². The monoisotopic (exact) mass is 438 g/mol. The molecule has 0 unspecified atom stereocenters. The number of nitrogens with zero attached hydrogens (tertiary/aromatic N) is 2. The van der Waals surface area contributed by atoms with Crippen molar-refractivity contribution in [3.8, 4) is 0 Å². The Morgan fingerprint density at radius 2 is 1.61 bits per heavy atom. The molecule has 0 bridgehead atoms. The van der Waals surface area contributed by atoms with E-state index in [-0.39, 0.29) is 22.8 Å². The van der Waals surface area contributed by atoms with Crippen molar-refractivity contribution >= 4 is 40.5 Å². The second kappa shape index (κ2) is 9.92. The second-order valence-electron chi connectivity index (χ2n) is 8.24. The number of benzene rings is 2. The fourth-order valence-corrected chi connectivity index (χ4v) is 3.92. The average Bonchev–Trinajstić information content (AvgIpc) is 2.73. The third-order valence-electron chi connectivity index (χ3n) is 5.43. The van der Waals surface area contributed by atoms with Gasteiger partial charge in [-0.1, -0.05) is 31.5 Å². The van der Waals surface area contributed by atoms with Crippen molar-refractivity contribution < 1.29 is 9.59 Å². The molecule has 0 aromatic heterocycles. The van der Waals surface area contributed by atoms with Gasteiger partial charge in [0.2, 0.25) is 5.91 Å². The summed E-state index contributed by atoms with van der Waals surface area (Å²) in [7, 11) is 0. The van der Waals surface area contributed by atoms with Gasteiger partial charge in [0.05, 0.1) is 0 Å². The molecule has 1 fully saturated rings. The molecule has 2 aromatic carbocycles. The number of anilines is 2. The Labute approximate surface area is 189 Å². The van der Waals surface area contributed by atoms with Crippen LogP contribution < -0.4 is 15.5 Å². The SMILES string of the molecule is Cc1ccc(C(=O)NC(=S)Nc2ccc(N3CCN(C(=O)C(C)C)CC3)cc2)c(C)c1. The quantitative estimate of drug-likeness (QED) is 0.712. The first-order valence-electron chi connectivity index (χ1n) is 10.6. The fraction of sp³-hybridized carbons (Fsp3) is 0.375. The van der Waals surface area contributed by atoms with Gasteiger partial charge in [-0.15, -0.1) is 0 Å². The number of hydrogen-bond acceptors (Lipinski definition) is 4. The standard InChI is InChI=1S/C24H30N4O2S/c1-16(2)23(30)28-13-11-27(12-14-28)20-8-6-19(7-9-20)25-24(31)26-22(29)21-10-5-17(3)15-18(21)4/h5-10,15-16H,11-14H2,1-4H3,(H2,25,26,29,31). The molecule has 1 saturated heterocycles. The van der Waals surface area contributed by atoms with Gasteiger partial charge >= 0.3 is 0 Å². The minimum absolute atomic E-state index is 0.0381. The number of carbonyl (C=O) groups is 2. The van der Waals surface area contributed by atoms with Crippen LogP contribution in [0.15, 0.2) is 42.5 Å². The Morgan fingerprint density at radius 1 is 0.968 bits per heavy atom. The Bertz CT molecular complexity index is 964. The number of thiocarbonyl (C=S) groups is 1. The number of amides is 2. The topological polar surface area (TPSA) is 64.7 Å². The fourth-order valence-electron chi connectivity index (χ4n) is 3.71. The average molecular weight is 439 g/mol. The molecule has 1 aliphatic heterocycles. The molecule has 2 amide bonds. The number of nitrogens with one attached hydrogen (secondary N) is 2. The zero-order valence-electron chi connectivity index (χ0n) is 18.6. The first-order valence-corrected chi connectivity index (χ1v) is 11.0. The molecule has 0 aliphatic carbocycles. The normalized spacial score (nSPS) is 13.8. The van der Waals surface area contributed by atoms with E-state index < -0.39 is 0 Å². The number of carbonyl (C=O) groups excluding carboxylic acids is 2. The smallest absolute Gasteiger partial charge is 0.257 e. The number of piperazine rings is 1. The van der Waals surface area contributed by atoms with Crippen molar-refractivity contribution in [2.75, 3.05) is 36.4 Å². The highest BCUT2D eigenvalue weighted by atomic mass is 32.1. The van der Waals surface area contributed by atoms with E-state index in [0.717, 1.165) is 48.7 Å². The minimum atomic E-state index is -0.222. The lowest BCUT2D eigenvalue weighted by Gasteiger charge is -2.37. The summed E-state index contributed by atoms with van der Waals surface area (Å²) in [6.45, 7) is 10.9. The van der Waals surface area contributed by atoms with Crippen molar-refractivity contribution in [3.05, 3.63) is 59.2 Å². The van der Waals surface area contributed by atoms with Crippen LogP contribution in [-0.2, 0) is 4.79 Å². The predicted molar refractivity (Wildman–Crippen MR) is 130 cm³/mol. The van der Waals surface area contributed by atoms with Gasteiger partial charge in [0.15, 0.2) is 5.11 Å². The van der Waals surface area contributed by atoms with Crippen LogP contribution in [0.3, 0.4) is 0 Å². The summed E-state index contributed by atoms with van der Waals surface area (Å²) in [6.07, 6.45) is 0.